The molecule has 0 spiro atoms. The highest BCUT2D eigenvalue weighted by Gasteiger charge is 2.33. The van der Waals surface area contributed by atoms with Gasteiger partial charge in [0.2, 0.25) is 0 Å². The van der Waals surface area contributed by atoms with Crippen LogP contribution in [0.5, 0.6) is 5.75 Å². The third kappa shape index (κ3) is 5.66. The molecule has 0 unspecified atom stereocenters. The van der Waals surface area contributed by atoms with E-state index in [0.717, 1.165) is 21.2 Å². The number of hydrogen-bond donors (Lipinski definition) is 1. The van der Waals surface area contributed by atoms with Crippen LogP contribution in [0.3, 0.4) is 0 Å². The third-order valence-electron chi connectivity index (χ3n) is 5.05. The van der Waals surface area contributed by atoms with Crippen LogP contribution in [0.4, 0.5) is 4.79 Å². The summed E-state index contributed by atoms with van der Waals surface area (Å²) in [4.78, 5) is 26.4. The van der Waals surface area contributed by atoms with Gasteiger partial charge in [-0.1, -0.05) is 69.5 Å². The van der Waals surface area contributed by atoms with Gasteiger partial charge in [0.05, 0.1) is 16.0 Å². The van der Waals surface area contributed by atoms with Crippen molar-refractivity contribution in [2.75, 3.05) is 0 Å². The van der Waals surface area contributed by atoms with Crippen molar-refractivity contribution < 1.29 is 14.3 Å². The number of carbonyl (C=O) groups is 2. The lowest BCUT2D eigenvalue weighted by molar-refractivity contribution is -0.123. The lowest BCUT2D eigenvalue weighted by Gasteiger charge is -2.12. The van der Waals surface area contributed by atoms with Gasteiger partial charge in [-0.15, -0.1) is 0 Å². The van der Waals surface area contributed by atoms with E-state index in [-0.39, 0.29) is 18.1 Å². The smallest absolute Gasteiger partial charge is 0.329 e. The second-order valence-electron chi connectivity index (χ2n) is 7.59. The fourth-order valence-electron chi connectivity index (χ4n) is 3.29. The van der Waals surface area contributed by atoms with Crippen LogP contribution >= 0.6 is 43.5 Å². The standard InChI is InChI=1S/C25H19Br2ClN2O3/c1-15-2-4-16(5-3-15)13-30-24(31)22(29-25(30)32)12-18-10-20(27)23(21(28)11-18)33-14-17-6-8-19(26)9-7-17/h2-12H,13-14H2,1H3,(H,29,32)/b22-12+. The van der Waals surface area contributed by atoms with Crippen molar-refractivity contribution in [2.24, 2.45) is 0 Å². The number of halogens is 3. The molecule has 1 saturated heterocycles. The Labute approximate surface area is 213 Å². The zero-order valence-electron chi connectivity index (χ0n) is 17.6. The average molecular weight is 591 g/mol. The number of urea groups is 1. The first-order valence-electron chi connectivity index (χ1n) is 10.1. The van der Waals surface area contributed by atoms with Gasteiger partial charge in [0.1, 0.15) is 12.3 Å². The molecule has 3 amide bonds. The van der Waals surface area contributed by atoms with Crippen LogP contribution in [-0.2, 0) is 17.9 Å². The second kappa shape index (κ2) is 10.1. The molecule has 3 aromatic carbocycles. The Bertz CT molecular complexity index is 1220. The summed E-state index contributed by atoms with van der Waals surface area (Å²) in [5, 5.41) is 3.03. The van der Waals surface area contributed by atoms with Crippen molar-refractivity contribution >= 4 is 61.5 Å². The Kier molecular flexibility index (Phi) is 7.22. The Morgan fingerprint density at radius 1 is 1.00 bits per heavy atom. The molecule has 5 nitrogen and oxygen atoms in total. The quantitative estimate of drug-likeness (QED) is 0.253. The molecular weight excluding hydrogens is 572 g/mol. The summed E-state index contributed by atoms with van der Waals surface area (Å²) in [6, 6.07) is 18.5. The molecule has 1 heterocycles. The molecule has 168 valence electrons. The Hall–Kier alpha value is -2.61. The van der Waals surface area contributed by atoms with Crippen LogP contribution in [0.15, 0.2) is 75.3 Å². The molecule has 1 aliphatic heterocycles. The van der Waals surface area contributed by atoms with Crippen molar-refractivity contribution in [3.8, 4) is 5.75 Å². The number of nitrogens with zero attached hydrogens (tertiary/aromatic N) is 1. The molecule has 4 rings (SSSR count). The maximum Gasteiger partial charge on any atom is 0.329 e. The predicted molar refractivity (Wildman–Crippen MR) is 136 cm³/mol. The van der Waals surface area contributed by atoms with Crippen LogP contribution in [0.2, 0.25) is 5.02 Å². The van der Waals surface area contributed by atoms with E-state index in [1.807, 2.05) is 55.5 Å². The maximum absolute atomic E-state index is 12.8. The Morgan fingerprint density at radius 3 is 2.33 bits per heavy atom. The topological polar surface area (TPSA) is 58.6 Å². The minimum Gasteiger partial charge on any atom is -0.486 e. The third-order valence-corrected chi connectivity index (χ3v) is 6.45. The lowest BCUT2D eigenvalue weighted by atomic mass is 10.1. The Balaban J connectivity index is 1.49. The van der Waals surface area contributed by atoms with Crippen molar-refractivity contribution in [3.05, 3.63) is 103 Å². The Morgan fingerprint density at radius 2 is 1.67 bits per heavy atom. The minimum atomic E-state index is -0.452. The lowest BCUT2D eigenvalue weighted by Crippen LogP contribution is -2.30. The van der Waals surface area contributed by atoms with Gasteiger partial charge < -0.3 is 10.1 Å². The number of rotatable bonds is 6. The molecule has 1 N–H and O–H groups in total. The SMILES string of the molecule is Cc1ccc(CN2C(=O)N/C(=C/c3cc(Cl)c(OCc4ccc(Br)cc4)c(Br)c3)C2=O)cc1. The maximum atomic E-state index is 12.8. The van der Waals surface area contributed by atoms with Gasteiger partial charge in [-0.3, -0.25) is 9.69 Å². The summed E-state index contributed by atoms with van der Waals surface area (Å²) < 4.78 is 7.53. The number of imide groups is 1. The van der Waals surface area contributed by atoms with E-state index in [1.165, 1.54) is 4.90 Å². The van der Waals surface area contributed by atoms with Gasteiger partial charge in [0.25, 0.3) is 5.91 Å². The predicted octanol–water partition coefficient (Wildman–Crippen LogP) is 6.85. The molecule has 3 aromatic rings. The molecular formula is C25H19Br2ClN2O3. The summed E-state index contributed by atoms with van der Waals surface area (Å²) in [5.41, 5.74) is 3.84. The minimum absolute atomic E-state index is 0.193. The highest BCUT2D eigenvalue weighted by atomic mass is 79.9. The number of ether oxygens (including phenoxy) is 1. The summed E-state index contributed by atoms with van der Waals surface area (Å²) in [5.74, 6) is 0.118. The number of nitrogens with one attached hydrogen (secondary N) is 1. The number of benzene rings is 3. The van der Waals surface area contributed by atoms with Crippen molar-refractivity contribution in [3.63, 3.8) is 0 Å². The number of amides is 3. The van der Waals surface area contributed by atoms with Crippen LogP contribution < -0.4 is 10.1 Å². The van der Waals surface area contributed by atoms with Crippen LogP contribution in [0.1, 0.15) is 22.3 Å². The summed E-state index contributed by atoms with van der Waals surface area (Å²) >= 11 is 13.4. The van der Waals surface area contributed by atoms with Crippen molar-refractivity contribution in [1.82, 2.24) is 10.2 Å². The molecule has 1 aliphatic rings. The van der Waals surface area contributed by atoms with E-state index in [2.05, 4.69) is 37.2 Å². The van der Waals surface area contributed by atoms with E-state index in [9.17, 15) is 9.59 Å². The normalized spacial score (nSPS) is 14.7. The van der Waals surface area contributed by atoms with Gasteiger partial charge in [-0.25, -0.2) is 4.79 Å². The van der Waals surface area contributed by atoms with Gasteiger partial charge in [0.15, 0.2) is 5.75 Å². The largest absolute Gasteiger partial charge is 0.486 e. The van der Waals surface area contributed by atoms with E-state index in [0.29, 0.717) is 27.4 Å². The molecule has 0 aromatic heterocycles. The van der Waals surface area contributed by atoms with Crippen molar-refractivity contribution in [1.29, 1.82) is 0 Å². The first kappa shape index (κ1) is 23.5. The summed E-state index contributed by atoms with van der Waals surface area (Å²) in [6.45, 7) is 2.54. The van der Waals surface area contributed by atoms with Gasteiger partial charge in [-0.2, -0.15) is 0 Å². The fourth-order valence-corrected chi connectivity index (χ4v) is 4.55. The molecule has 1 fully saturated rings. The zero-order chi connectivity index (χ0) is 23.5. The molecule has 0 saturated carbocycles. The van der Waals surface area contributed by atoms with E-state index in [4.69, 9.17) is 16.3 Å². The number of aryl methyl sites for hydroxylation is 1. The first-order chi connectivity index (χ1) is 15.8. The van der Waals surface area contributed by atoms with Crippen LogP contribution in [0, 0.1) is 6.92 Å². The van der Waals surface area contributed by atoms with Gasteiger partial charge >= 0.3 is 6.03 Å². The number of carbonyl (C=O) groups excluding carboxylic acids is 2. The van der Waals surface area contributed by atoms with E-state index >= 15 is 0 Å². The highest BCUT2D eigenvalue weighted by molar-refractivity contribution is 9.10. The first-order valence-corrected chi connectivity index (χ1v) is 12.0. The average Bonchev–Trinajstić information content (AvgIpc) is 3.03. The van der Waals surface area contributed by atoms with Gasteiger partial charge in [-0.05, 0) is 69.9 Å². The summed E-state index contributed by atoms with van der Waals surface area (Å²) in [7, 11) is 0. The molecule has 33 heavy (non-hydrogen) atoms. The van der Waals surface area contributed by atoms with E-state index < -0.39 is 6.03 Å². The summed E-state index contributed by atoms with van der Waals surface area (Å²) in [6.07, 6.45) is 1.60. The van der Waals surface area contributed by atoms with Crippen LogP contribution in [0.25, 0.3) is 6.08 Å². The van der Waals surface area contributed by atoms with E-state index in [1.54, 1.807) is 18.2 Å². The van der Waals surface area contributed by atoms with Gasteiger partial charge in [0, 0.05) is 4.47 Å². The fraction of sp³-hybridized carbons (Fsp3) is 0.120. The molecule has 0 bridgehead atoms. The van der Waals surface area contributed by atoms with Crippen molar-refractivity contribution in [2.45, 2.75) is 20.1 Å². The monoisotopic (exact) mass is 588 g/mol. The second-order valence-corrected chi connectivity index (χ2v) is 9.77. The number of hydrogen-bond acceptors (Lipinski definition) is 3. The molecule has 0 aliphatic carbocycles. The molecule has 8 heteroatoms. The molecule has 0 atom stereocenters. The highest BCUT2D eigenvalue weighted by Crippen LogP contribution is 2.36. The molecule has 0 radical (unpaired) electrons. The van der Waals surface area contributed by atoms with Crippen LogP contribution in [-0.4, -0.2) is 16.8 Å². The zero-order valence-corrected chi connectivity index (χ0v) is 21.5.